The molecule has 0 aromatic carbocycles. The van der Waals surface area contributed by atoms with Gasteiger partial charge in [0.2, 0.25) is 11.7 Å². The fourth-order valence-corrected chi connectivity index (χ4v) is 1.48. The molecule has 0 aliphatic carbocycles. The number of hydrogen-bond donors (Lipinski definition) is 0. The van der Waals surface area contributed by atoms with Gasteiger partial charge < -0.3 is 4.90 Å². The molecule has 1 amide bonds. The molecule has 86 valence electrons. The number of amides is 1. The van der Waals surface area contributed by atoms with Gasteiger partial charge in [0.15, 0.2) is 0 Å². The molecule has 0 spiro atoms. The summed E-state index contributed by atoms with van der Waals surface area (Å²) in [5.74, 6) is 6.58. The summed E-state index contributed by atoms with van der Waals surface area (Å²) >= 11 is 1.35. The quantitative estimate of drug-likeness (QED) is 0.590. The Bertz CT molecular complexity index is 414. The molecule has 5 heteroatoms. The Hall–Kier alpha value is -1.41. The molecular formula is C11H15N3OS. The maximum absolute atomic E-state index is 11.2. The van der Waals surface area contributed by atoms with Crippen molar-refractivity contribution in [2.75, 3.05) is 14.1 Å². The highest BCUT2D eigenvalue weighted by molar-refractivity contribution is 7.05. The van der Waals surface area contributed by atoms with E-state index in [2.05, 4.69) is 21.2 Å². The lowest BCUT2D eigenvalue weighted by Crippen LogP contribution is -2.20. The van der Waals surface area contributed by atoms with Gasteiger partial charge in [-0.3, -0.25) is 4.79 Å². The van der Waals surface area contributed by atoms with Crippen LogP contribution in [0.15, 0.2) is 0 Å². The molecule has 0 bridgehead atoms. The summed E-state index contributed by atoms with van der Waals surface area (Å²) in [6.45, 7) is 1.90. The Labute approximate surface area is 99.9 Å². The van der Waals surface area contributed by atoms with Gasteiger partial charge >= 0.3 is 0 Å². The fourth-order valence-electron chi connectivity index (χ4n) is 1.04. The van der Waals surface area contributed by atoms with Gasteiger partial charge in [0.05, 0.1) is 0 Å². The average Bonchev–Trinajstić information content (AvgIpc) is 2.63. The first-order chi connectivity index (χ1) is 7.59. The van der Waals surface area contributed by atoms with Crippen LogP contribution in [0.1, 0.15) is 30.1 Å². The Morgan fingerprint density at radius 1 is 1.50 bits per heavy atom. The molecule has 4 nitrogen and oxygen atoms in total. The van der Waals surface area contributed by atoms with Gasteiger partial charge in [-0.15, -0.1) is 0 Å². The molecule has 1 rings (SSSR count). The molecule has 0 atom stereocenters. The summed E-state index contributed by atoms with van der Waals surface area (Å²) < 4.78 is 4.06. The van der Waals surface area contributed by atoms with Crippen LogP contribution in [0, 0.1) is 18.8 Å². The first-order valence-corrected chi connectivity index (χ1v) is 5.86. The van der Waals surface area contributed by atoms with E-state index in [4.69, 9.17) is 0 Å². The van der Waals surface area contributed by atoms with Crippen molar-refractivity contribution in [3.05, 3.63) is 10.8 Å². The van der Waals surface area contributed by atoms with E-state index >= 15 is 0 Å². The van der Waals surface area contributed by atoms with Crippen molar-refractivity contribution in [2.45, 2.75) is 26.2 Å². The molecule has 1 heterocycles. The number of aryl methyl sites for hydroxylation is 1. The summed E-state index contributed by atoms with van der Waals surface area (Å²) in [6, 6.07) is 0. The van der Waals surface area contributed by atoms with Crippen molar-refractivity contribution in [1.82, 2.24) is 14.3 Å². The van der Waals surface area contributed by atoms with Crippen LogP contribution in [-0.4, -0.2) is 34.3 Å². The van der Waals surface area contributed by atoms with Crippen molar-refractivity contribution in [3.8, 4) is 11.8 Å². The lowest BCUT2D eigenvalue weighted by Gasteiger charge is -2.08. The zero-order valence-electron chi connectivity index (χ0n) is 9.78. The lowest BCUT2D eigenvalue weighted by molar-refractivity contribution is -0.128. The zero-order valence-corrected chi connectivity index (χ0v) is 10.6. The average molecular weight is 237 g/mol. The van der Waals surface area contributed by atoms with Crippen molar-refractivity contribution < 1.29 is 4.79 Å². The van der Waals surface area contributed by atoms with E-state index in [1.54, 1.807) is 19.0 Å². The van der Waals surface area contributed by atoms with Gasteiger partial charge in [-0.1, -0.05) is 5.92 Å². The van der Waals surface area contributed by atoms with Crippen LogP contribution in [0.5, 0.6) is 0 Å². The smallest absolute Gasteiger partial charge is 0.222 e. The SMILES string of the molecule is Cc1nc(C#CCCCC(=O)N(C)C)ns1. The number of unbranched alkanes of at least 4 members (excludes halogenated alkanes) is 1. The van der Waals surface area contributed by atoms with Gasteiger partial charge in [0.25, 0.3) is 0 Å². The van der Waals surface area contributed by atoms with Crippen LogP contribution < -0.4 is 0 Å². The lowest BCUT2D eigenvalue weighted by atomic mass is 10.2. The third-order valence-corrected chi connectivity index (χ3v) is 2.54. The van der Waals surface area contributed by atoms with Gasteiger partial charge in [-0.2, -0.15) is 4.37 Å². The van der Waals surface area contributed by atoms with Crippen LogP contribution in [0.25, 0.3) is 0 Å². The Balaban J connectivity index is 2.26. The number of hydrogen-bond acceptors (Lipinski definition) is 4. The Morgan fingerprint density at radius 3 is 2.81 bits per heavy atom. The number of rotatable bonds is 3. The summed E-state index contributed by atoms with van der Waals surface area (Å²) in [5, 5.41) is 0.923. The highest BCUT2D eigenvalue weighted by Gasteiger charge is 2.01. The van der Waals surface area contributed by atoms with Gasteiger partial charge in [-0.05, 0) is 30.8 Å². The molecule has 1 aromatic heterocycles. The van der Waals surface area contributed by atoms with E-state index in [0.717, 1.165) is 11.4 Å². The van der Waals surface area contributed by atoms with E-state index in [1.165, 1.54) is 11.5 Å². The van der Waals surface area contributed by atoms with E-state index in [9.17, 15) is 4.79 Å². The fraction of sp³-hybridized carbons (Fsp3) is 0.545. The summed E-state index contributed by atoms with van der Waals surface area (Å²) in [6.07, 6.45) is 2.04. The Kier molecular flexibility index (Phi) is 4.93. The van der Waals surface area contributed by atoms with Crippen molar-refractivity contribution >= 4 is 17.4 Å². The highest BCUT2D eigenvalue weighted by Crippen LogP contribution is 2.01. The van der Waals surface area contributed by atoms with Crippen LogP contribution in [-0.2, 0) is 4.79 Å². The maximum atomic E-state index is 11.2. The first kappa shape index (κ1) is 12.7. The predicted octanol–water partition coefficient (Wildman–Crippen LogP) is 1.46. The molecule has 0 N–H and O–H groups in total. The zero-order chi connectivity index (χ0) is 12.0. The molecule has 1 aromatic rings. The van der Waals surface area contributed by atoms with E-state index in [-0.39, 0.29) is 5.91 Å². The third-order valence-electron chi connectivity index (χ3n) is 1.92. The normalized spacial score (nSPS) is 9.44. The highest BCUT2D eigenvalue weighted by atomic mass is 32.1. The van der Waals surface area contributed by atoms with Gasteiger partial charge in [0.1, 0.15) is 5.01 Å². The van der Waals surface area contributed by atoms with Crippen molar-refractivity contribution in [1.29, 1.82) is 0 Å². The van der Waals surface area contributed by atoms with Gasteiger partial charge in [0, 0.05) is 26.9 Å². The summed E-state index contributed by atoms with van der Waals surface area (Å²) in [5.41, 5.74) is 0. The van der Waals surface area contributed by atoms with Gasteiger partial charge in [-0.25, -0.2) is 4.98 Å². The maximum Gasteiger partial charge on any atom is 0.222 e. The standard InChI is InChI=1S/C11H15N3OS/c1-9-12-10(13-16-9)7-5-4-6-8-11(15)14(2)3/h4,6,8H2,1-3H3. The number of carbonyl (C=O) groups excluding carboxylic acids is 1. The predicted molar refractivity (Wildman–Crippen MR) is 64.1 cm³/mol. The molecule has 0 saturated carbocycles. The minimum absolute atomic E-state index is 0.143. The molecular weight excluding hydrogens is 222 g/mol. The molecule has 0 fully saturated rings. The molecule has 0 aliphatic rings. The third kappa shape index (κ3) is 4.41. The number of nitrogens with zero attached hydrogens (tertiary/aromatic N) is 3. The Morgan fingerprint density at radius 2 is 2.25 bits per heavy atom. The molecule has 0 saturated heterocycles. The van der Waals surface area contributed by atoms with Crippen LogP contribution >= 0.6 is 11.5 Å². The first-order valence-electron chi connectivity index (χ1n) is 5.09. The van der Waals surface area contributed by atoms with E-state index in [1.807, 2.05) is 6.92 Å². The number of carbonyl (C=O) groups is 1. The number of aromatic nitrogens is 2. The van der Waals surface area contributed by atoms with E-state index < -0.39 is 0 Å². The molecule has 16 heavy (non-hydrogen) atoms. The molecule has 0 radical (unpaired) electrons. The molecule has 0 aliphatic heterocycles. The summed E-state index contributed by atoms with van der Waals surface area (Å²) in [7, 11) is 3.52. The minimum atomic E-state index is 0.143. The summed E-state index contributed by atoms with van der Waals surface area (Å²) in [4.78, 5) is 17.0. The second kappa shape index (κ2) is 6.23. The van der Waals surface area contributed by atoms with Crippen molar-refractivity contribution in [3.63, 3.8) is 0 Å². The largest absolute Gasteiger partial charge is 0.349 e. The van der Waals surface area contributed by atoms with Crippen molar-refractivity contribution in [2.24, 2.45) is 0 Å². The van der Waals surface area contributed by atoms with E-state index in [0.29, 0.717) is 18.7 Å². The topological polar surface area (TPSA) is 46.1 Å². The monoisotopic (exact) mass is 237 g/mol. The molecule has 0 unspecified atom stereocenters. The minimum Gasteiger partial charge on any atom is -0.349 e. The van der Waals surface area contributed by atoms with Crippen LogP contribution in [0.2, 0.25) is 0 Å². The van der Waals surface area contributed by atoms with Crippen LogP contribution in [0.4, 0.5) is 0 Å². The van der Waals surface area contributed by atoms with Crippen LogP contribution in [0.3, 0.4) is 0 Å². The second-order valence-electron chi connectivity index (χ2n) is 3.58. The second-order valence-corrected chi connectivity index (χ2v) is 4.54.